The lowest BCUT2D eigenvalue weighted by Crippen LogP contribution is -2.57. The van der Waals surface area contributed by atoms with E-state index in [0.717, 1.165) is 44.1 Å². The lowest BCUT2D eigenvalue weighted by molar-refractivity contribution is -0.139. The van der Waals surface area contributed by atoms with E-state index in [1.54, 1.807) is 6.92 Å². The van der Waals surface area contributed by atoms with Crippen LogP contribution in [0.2, 0.25) is 0 Å². The third kappa shape index (κ3) is 4.93. The number of aryl methyl sites for hydroxylation is 1. The summed E-state index contributed by atoms with van der Waals surface area (Å²) >= 11 is 0. The second-order valence-electron chi connectivity index (χ2n) is 9.64. The fourth-order valence-corrected chi connectivity index (χ4v) is 5.78. The van der Waals surface area contributed by atoms with Gasteiger partial charge in [0.1, 0.15) is 5.54 Å². The van der Waals surface area contributed by atoms with Gasteiger partial charge < -0.3 is 10.2 Å². The second-order valence-corrected chi connectivity index (χ2v) is 9.64. The van der Waals surface area contributed by atoms with Crippen molar-refractivity contribution < 1.29 is 14.4 Å². The summed E-state index contributed by atoms with van der Waals surface area (Å²) in [4.78, 5) is 42.7. The van der Waals surface area contributed by atoms with E-state index >= 15 is 0 Å². The molecule has 2 heterocycles. The third-order valence-electron chi connectivity index (χ3n) is 7.72. The molecule has 4 rings (SSSR count). The summed E-state index contributed by atoms with van der Waals surface area (Å²) < 4.78 is 0. The molecule has 0 spiro atoms. The van der Waals surface area contributed by atoms with Gasteiger partial charge >= 0.3 is 6.03 Å². The smallest absolute Gasteiger partial charge is 0.325 e. The van der Waals surface area contributed by atoms with E-state index < -0.39 is 5.54 Å². The Morgan fingerprint density at radius 1 is 1.06 bits per heavy atom. The normalized spacial score (nSPS) is 24.4. The quantitative estimate of drug-likeness (QED) is 0.531. The number of carbonyl (C=O) groups excluding carboxylic acids is 3. The Labute approximate surface area is 197 Å². The maximum absolute atomic E-state index is 13.6. The highest BCUT2D eigenvalue weighted by molar-refractivity contribution is 6.07. The zero-order chi connectivity index (χ0) is 23.3. The number of rotatable bonds is 6. The maximum Gasteiger partial charge on any atom is 0.325 e. The highest BCUT2D eigenvalue weighted by Crippen LogP contribution is 2.38. The standard InChI is InChI=1S/C27H35N3O3/c1-2-3-18-30-25(32)27(28-26(30)33,17-14-21-10-6-4-7-11-21)23-15-19-29(20-16-23)24(31)22-12-8-5-9-13-22/h4,6-7,10-11,22-23H,5,8-9,12-20H2,1H3,(H,28,33). The fraction of sp³-hybridized carbons (Fsp3) is 0.593. The molecule has 1 N–H and O–H groups in total. The molecule has 33 heavy (non-hydrogen) atoms. The first kappa shape index (κ1) is 23.4. The van der Waals surface area contributed by atoms with Crippen LogP contribution >= 0.6 is 0 Å². The molecule has 6 nitrogen and oxygen atoms in total. The SMILES string of the molecule is CC#CCN1C(=O)NC(CCc2ccccc2)(C2CCN(C(=O)C3CCCCC3)CC2)C1=O. The van der Waals surface area contributed by atoms with Gasteiger partial charge in [0, 0.05) is 19.0 Å². The van der Waals surface area contributed by atoms with E-state index in [-0.39, 0.29) is 36.2 Å². The van der Waals surface area contributed by atoms with Gasteiger partial charge in [-0.1, -0.05) is 55.5 Å². The number of nitrogens with one attached hydrogen (secondary N) is 1. The van der Waals surface area contributed by atoms with E-state index in [1.165, 1.54) is 11.3 Å². The van der Waals surface area contributed by atoms with Crippen molar-refractivity contribution in [3.05, 3.63) is 35.9 Å². The number of hydrogen-bond donors (Lipinski definition) is 1. The molecule has 4 amide bonds. The van der Waals surface area contributed by atoms with Gasteiger partial charge in [0.05, 0.1) is 6.54 Å². The van der Waals surface area contributed by atoms with E-state index in [1.807, 2.05) is 23.1 Å². The average Bonchev–Trinajstić information content (AvgIpc) is 3.11. The van der Waals surface area contributed by atoms with Crippen LogP contribution in [0, 0.1) is 23.7 Å². The number of amides is 4. The van der Waals surface area contributed by atoms with Gasteiger partial charge in [-0.2, -0.15) is 0 Å². The molecule has 1 saturated carbocycles. The van der Waals surface area contributed by atoms with Crippen LogP contribution in [0.1, 0.15) is 63.9 Å². The molecule has 2 saturated heterocycles. The fourth-order valence-electron chi connectivity index (χ4n) is 5.78. The molecule has 0 bridgehead atoms. The predicted octanol–water partition coefficient (Wildman–Crippen LogP) is 3.75. The Morgan fingerprint density at radius 3 is 2.42 bits per heavy atom. The molecule has 6 heteroatoms. The Bertz CT molecular complexity index is 921. The monoisotopic (exact) mass is 449 g/mol. The number of likely N-dealkylation sites (tertiary alicyclic amines) is 1. The van der Waals surface area contributed by atoms with Crippen LogP contribution in [0.4, 0.5) is 4.79 Å². The summed E-state index contributed by atoms with van der Waals surface area (Å²) in [5, 5.41) is 3.09. The molecule has 1 unspecified atom stereocenters. The zero-order valence-corrected chi connectivity index (χ0v) is 19.6. The van der Waals surface area contributed by atoms with Crippen molar-refractivity contribution in [2.75, 3.05) is 19.6 Å². The number of benzene rings is 1. The Morgan fingerprint density at radius 2 is 1.76 bits per heavy atom. The van der Waals surface area contributed by atoms with Crippen molar-refractivity contribution in [1.29, 1.82) is 0 Å². The molecule has 0 radical (unpaired) electrons. The first-order valence-electron chi connectivity index (χ1n) is 12.4. The number of hydrogen-bond acceptors (Lipinski definition) is 3. The topological polar surface area (TPSA) is 69.7 Å². The van der Waals surface area contributed by atoms with Crippen LogP contribution in [0.15, 0.2) is 30.3 Å². The van der Waals surface area contributed by atoms with Crippen LogP contribution in [0.5, 0.6) is 0 Å². The van der Waals surface area contributed by atoms with Crippen molar-refractivity contribution in [2.24, 2.45) is 11.8 Å². The lowest BCUT2D eigenvalue weighted by atomic mass is 9.74. The van der Waals surface area contributed by atoms with Gasteiger partial charge in [0.15, 0.2) is 0 Å². The van der Waals surface area contributed by atoms with E-state index in [9.17, 15) is 14.4 Å². The van der Waals surface area contributed by atoms with Crippen molar-refractivity contribution in [3.63, 3.8) is 0 Å². The van der Waals surface area contributed by atoms with Crippen molar-refractivity contribution in [1.82, 2.24) is 15.1 Å². The summed E-state index contributed by atoms with van der Waals surface area (Å²) in [6, 6.07) is 9.73. The van der Waals surface area contributed by atoms with E-state index in [2.05, 4.69) is 29.3 Å². The number of piperidine rings is 1. The molecule has 0 aromatic heterocycles. The first-order chi connectivity index (χ1) is 16.0. The van der Waals surface area contributed by atoms with Crippen LogP contribution in [0.25, 0.3) is 0 Å². The Hall–Kier alpha value is -2.81. The first-order valence-corrected chi connectivity index (χ1v) is 12.4. The van der Waals surface area contributed by atoms with Crippen molar-refractivity contribution in [2.45, 2.75) is 70.3 Å². The van der Waals surface area contributed by atoms with Gasteiger partial charge in [-0.15, -0.1) is 5.92 Å². The summed E-state index contributed by atoms with van der Waals surface area (Å²) in [6.07, 6.45) is 8.25. The molecule has 2 aliphatic heterocycles. The summed E-state index contributed by atoms with van der Waals surface area (Å²) in [7, 11) is 0. The highest BCUT2D eigenvalue weighted by atomic mass is 16.2. The maximum atomic E-state index is 13.6. The molecule has 1 aromatic rings. The van der Waals surface area contributed by atoms with Crippen LogP contribution in [-0.4, -0.2) is 52.8 Å². The second kappa shape index (κ2) is 10.4. The van der Waals surface area contributed by atoms with Gasteiger partial charge in [-0.25, -0.2) is 4.79 Å². The minimum atomic E-state index is -0.928. The summed E-state index contributed by atoms with van der Waals surface area (Å²) in [6.45, 7) is 3.14. The summed E-state index contributed by atoms with van der Waals surface area (Å²) in [5.74, 6) is 5.94. The predicted molar refractivity (Wildman–Crippen MR) is 127 cm³/mol. The molecular formula is C27H35N3O3. The summed E-state index contributed by atoms with van der Waals surface area (Å²) in [5.41, 5.74) is 0.220. The molecule has 3 aliphatic rings. The number of imide groups is 1. The van der Waals surface area contributed by atoms with Crippen LogP contribution < -0.4 is 5.32 Å². The minimum absolute atomic E-state index is 0.00709. The zero-order valence-electron chi connectivity index (χ0n) is 19.6. The molecule has 1 atom stereocenters. The number of nitrogens with zero attached hydrogens (tertiary/aromatic N) is 2. The minimum Gasteiger partial charge on any atom is -0.342 e. The molecule has 1 aromatic carbocycles. The molecular weight excluding hydrogens is 414 g/mol. The molecule has 1 aliphatic carbocycles. The molecule has 176 valence electrons. The number of urea groups is 1. The highest BCUT2D eigenvalue weighted by Gasteiger charge is 2.55. The Balaban J connectivity index is 1.49. The van der Waals surface area contributed by atoms with Crippen molar-refractivity contribution in [3.8, 4) is 11.8 Å². The van der Waals surface area contributed by atoms with E-state index in [0.29, 0.717) is 25.9 Å². The van der Waals surface area contributed by atoms with Crippen LogP contribution in [0.3, 0.4) is 0 Å². The largest absolute Gasteiger partial charge is 0.342 e. The van der Waals surface area contributed by atoms with Gasteiger partial charge in [-0.05, 0) is 56.9 Å². The Kier molecular flexibility index (Phi) is 7.37. The van der Waals surface area contributed by atoms with Gasteiger partial charge in [0.25, 0.3) is 5.91 Å². The number of carbonyl (C=O) groups is 3. The lowest BCUT2D eigenvalue weighted by Gasteiger charge is -2.42. The third-order valence-corrected chi connectivity index (χ3v) is 7.72. The average molecular weight is 450 g/mol. The van der Waals surface area contributed by atoms with Crippen LogP contribution in [-0.2, 0) is 16.0 Å². The molecule has 3 fully saturated rings. The van der Waals surface area contributed by atoms with Gasteiger partial charge in [0.2, 0.25) is 5.91 Å². The van der Waals surface area contributed by atoms with Gasteiger partial charge in [-0.3, -0.25) is 14.5 Å². The van der Waals surface area contributed by atoms with Crippen molar-refractivity contribution >= 4 is 17.8 Å². The van der Waals surface area contributed by atoms with E-state index in [4.69, 9.17) is 0 Å².